The van der Waals surface area contributed by atoms with Crippen LogP contribution in [0.15, 0.2) is 36.5 Å². The van der Waals surface area contributed by atoms with E-state index in [2.05, 4.69) is 43.8 Å². The molecule has 0 atom stereocenters. The summed E-state index contributed by atoms with van der Waals surface area (Å²) in [6.45, 7) is 5.46. The Kier molecular flexibility index (Phi) is 6.52. The number of halogens is 2. The molecule has 3 aromatic rings. The van der Waals surface area contributed by atoms with Gasteiger partial charge in [-0.3, -0.25) is 4.98 Å². The molecule has 0 bridgehead atoms. The van der Waals surface area contributed by atoms with Gasteiger partial charge in [0.05, 0.1) is 5.69 Å². The molecule has 0 aliphatic carbocycles. The Morgan fingerprint density at radius 2 is 1.88 bits per heavy atom. The number of alkyl halides is 2. The summed E-state index contributed by atoms with van der Waals surface area (Å²) >= 11 is 0. The minimum absolute atomic E-state index is 0.0341. The molecular weight excluding hydrogens is 430 g/mol. The average Bonchev–Trinajstić information content (AvgIpc) is 2.80. The summed E-state index contributed by atoms with van der Waals surface area (Å²) in [5.41, 5.74) is 1.67. The maximum Gasteiger partial charge on any atom is 0.387 e. The molecule has 174 valence electrons. The first-order valence-corrected chi connectivity index (χ1v) is 10.8. The lowest BCUT2D eigenvalue weighted by molar-refractivity contribution is -0.0489. The third-order valence-electron chi connectivity index (χ3n) is 5.46. The quantitative estimate of drug-likeness (QED) is 0.612. The lowest BCUT2D eigenvalue weighted by Crippen LogP contribution is -2.50. The zero-order chi connectivity index (χ0) is 23.5. The lowest BCUT2D eigenvalue weighted by Gasteiger charge is -2.35. The minimum Gasteiger partial charge on any atom is -0.432 e. The number of carbonyl (C=O) groups is 1. The number of ether oxygens (including phenoxy) is 1. The van der Waals surface area contributed by atoms with Crippen LogP contribution in [-0.2, 0) is 0 Å². The highest BCUT2D eigenvalue weighted by molar-refractivity contribution is 6.02. The number of hydrogen-bond donors (Lipinski definition) is 1. The van der Waals surface area contributed by atoms with Crippen LogP contribution in [0.1, 0.15) is 31.3 Å². The van der Waals surface area contributed by atoms with Crippen LogP contribution in [0.25, 0.3) is 10.9 Å². The minimum atomic E-state index is -2.96. The number of amides is 2. The molecule has 0 saturated carbocycles. The first-order valence-electron chi connectivity index (χ1n) is 10.8. The van der Waals surface area contributed by atoms with Gasteiger partial charge in [-0.15, -0.1) is 0 Å². The summed E-state index contributed by atoms with van der Waals surface area (Å²) in [6.07, 6.45) is 1.49. The molecule has 33 heavy (non-hydrogen) atoms. The third-order valence-corrected chi connectivity index (χ3v) is 5.46. The van der Waals surface area contributed by atoms with Gasteiger partial charge in [-0.05, 0) is 31.2 Å². The number of urea groups is 1. The van der Waals surface area contributed by atoms with E-state index in [0.717, 1.165) is 17.3 Å². The highest BCUT2D eigenvalue weighted by atomic mass is 19.3. The number of aromatic nitrogens is 3. The molecule has 1 aliphatic heterocycles. The number of hydrogen-bond acceptors (Lipinski definition) is 6. The Morgan fingerprint density at radius 1 is 1.12 bits per heavy atom. The van der Waals surface area contributed by atoms with Crippen molar-refractivity contribution in [1.29, 1.82) is 0 Å². The van der Waals surface area contributed by atoms with Gasteiger partial charge < -0.3 is 19.9 Å². The maximum atomic E-state index is 12.9. The van der Waals surface area contributed by atoms with E-state index in [9.17, 15) is 13.6 Å². The van der Waals surface area contributed by atoms with E-state index < -0.39 is 6.61 Å². The lowest BCUT2D eigenvalue weighted by atomic mass is 10.1. The van der Waals surface area contributed by atoms with Crippen molar-refractivity contribution in [3.8, 4) is 5.75 Å². The van der Waals surface area contributed by atoms with E-state index in [-0.39, 0.29) is 23.2 Å². The summed E-state index contributed by atoms with van der Waals surface area (Å²) in [7, 11) is 0. The van der Waals surface area contributed by atoms with Crippen molar-refractivity contribution in [2.75, 3.05) is 36.4 Å². The van der Waals surface area contributed by atoms with Gasteiger partial charge in [-0.2, -0.15) is 8.78 Å². The number of nitrogens with one attached hydrogen (secondary N) is 1. The molecule has 10 heteroatoms. The molecule has 1 saturated heterocycles. The largest absolute Gasteiger partial charge is 0.432 e. The standard InChI is InChI=1S/C23H26F2N6O2/c1-14(2)21-27-15(3)13-19(29-21)30-9-11-31(12-10-30)23(32)28-17-6-7-18(33-22(24)25)20-16(17)5-4-8-26-20/h4-8,13-14,22H,9-12H2,1-3H3,(H,28,32). The number of aryl methyl sites for hydroxylation is 1. The first kappa shape index (κ1) is 22.6. The van der Waals surface area contributed by atoms with Crippen molar-refractivity contribution in [1.82, 2.24) is 19.9 Å². The predicted octanol–water partition coefficient (Wildman–Crippen LogP) is 4.41. The fourth-order valence-corrected chi connectivity index (χ4v) is 3.77. The highest BCUT2D eigenvalue weighted by Crippen LogP contribution is 2.31. The van der Waals surface area contributed by atoms with Crippen LogP contribution in [0.4, 0.5) is 25.1 Å². The van der Waals surface area contributed by atoms with Gasteiger partial charge in [-0.1, -0.05) is 13.8 Å². The van der Waals surface area contributed by atoms with Gasteiger partial charge in [0.15, 0.2) is 5.75 Å². The van der Waals surface area contributed by atoms with Crippen LogP contribution in [0.5, 0.6) is 5.75 Å². The molecule has 4 rings (SSSR count). The zero-order valence-electron chi connectivity index (χ0n) is 18.8. The van der Waals surface area contributed by atoms with Gasteiger partial charge in [0.25, 0.3) is 0 Å². The normalized spacial score (nSPS) is 14.3. The van der Waals surface area contributed by atoms with E-state index in [1.807, 2.05) is 13.0 Å². The van der Waals surface area contributed by atoms with Crippen molar-refractivity contribution in [3.05, 3.63) is 48.0 Å². The Hall–Kier alpha value is -3.56. The molecule has 0 spiro atoms. The summed E-state index contributed by atoms with van der Waals surface area (Å²) in [4.78, 5) is 30.1. The fourth-order valence-electron chi connectivity index (χ4n) is 3.77. The Morgan fingerprint density at radius 3 is 2.58 bits per heavy atom. The van der Waals surface area contributed by atoms with Crippen LogP contribution in [0.2, 0.25) is 0 Å². The number of pyridine rings is 1. The molecular formula is C23H26F2N6O2. The monoisotopic (exact) mass is 456 g/mol. The van der Waals surface area contributed by atoms with Gasteiger partial charge >= 0.3 is 12.6 Å². The van der Waals surface area contributed by atoms with Gasteiger partial charge in [0, 0.05) is 55.4 Å². The summed E-state index contributed by atoms with van der Waals surface area (Å²) in [5.74, 6) is 1.88. The molecule has 0 unspecified atom stereocenters. The number of carbonyl (C=O) groups excluding carboxylic acids is 1. The van der Waals surface area contributed by atoms with E-state index in [0.29, 0.717) is 37.3 Å². The van der Waals surface area contributed by atoms with Crippen molar-refractivity contribution in [3.63, 3.8) is 0 Å². The molecule has 3 heterocycles. The van der Waals surface area contributed by atoms with Crippen molar-refractivity contribution >= 4 is 28.4 Å². The van der Waals surface area contributed by atoms with Crippen LogP contribution < -0.4 is 15.0 Å². The van der Waals surface area contributed by atoms with Gasteiger partial charge in [-0.25, -0.2) is 14.8 Å². The number of benzene rings is 1. The van der Waals surface area contributed by atoms with Crippen molar-refractivity contribution in [2.24, 2.45) is 0 Å². The highest BCUT2D eigenvalue weighted by Gasteiger charge is 2.23. The molecule has 1 fully saturated rings. The van der Waals surface area contributed by atoms with Crippen molar-refractivity contribution < 1.29 is 18.3 Å². The number of rotatable bonds is 5. The zero-order valence-corrected chi connectivity index (χ0v) is 18.8. The van der Waals surface area contributed by atoms with E-state index in [1.165, 1.54) is 12.3 Å². The van der Waals surface area contributed by atoms with Crippen LogP contribution in [-0.4, -0.2) is 58.7 Å². The average molecular weight is 456 g/mol. The number of fused-ring (bicyclic) bond motifs is 1. The molecule has 8 nitrogen and oxygen atoms in total. The van der Waals surface area contributed by atoms with Crippen LogP contribution >= 0.6 is 0 Å². The Labute approximate surface area is 190 Å². The van der Waals surface area contributed by atoms with Crippen molar-refractivity contribution in [2.45, 2.75) is 33.3 Å². The molecule has 2 amide bonds. The second-order valence-electron chi connectivity index (χ2n) is 8.17. The molecule has 1 N–H and O–H groups in total. The SMILES string of the molecule is Cc1cc(N2CCN(C(=O)Nc3ccc(OC(F)F)c4ncccc34)CC2)nc(C(C)C)n1. The Balaban J connectivity index is 1.45. The number of piperazine rings is 1. The van der Waals surface area contributed by atoms with E-state index in [4.69, 9.17) is 0 Å². The van der Waals surface area contributed by atoms with E-state index >= 15 is 0 Å². The Bertz CT molecular complexity index is 1150. The summed E-state index contributed by atoms with van der Waals surface area (Å²) in [6, 6.07) is 8.02. The molecule has 1 aliphatic rings. The van der Waals surface area contributed by atoms with Gasteiger partial charge in [0.2, 0.25) is 0 Å². The first-order chi connectivity index (χ1) is 15.8. The maximum absolute atomic E-state index is 12.9. The predicted molar refractivity (Wildman–Crippen MR) is 122 cm³/mol. The topological polar surface area (TPSA) is 83.5 Å². The fraction of sp³-hybridized carbons (Fsp3) is 0.391. The molecule has 2 aromatic heterocycles. The second-order valence-corrected chi connectivity index (χ2v) is 8.17. The molecule has 0 radical (unpaired) electrons. The second kappa shape index (κ2) is 9.51. The van der Waals surface area contributed by atoms with Crippen LogP contribution in [0, 0.1) is 6.92 Å². The number of nitrogens with zero attached hydrogens (tertiary/aromatic N) is 5. The summed E-state index contributed by atoms with van der Waals surface area (Å²) in [5, 5.41) is 3.41. The van der Waals surface area contributed by atoms with Crippen LogP contribution in [0.3, 0.4) is 0 Å². The third kappa shape index (κ3) is 5.10. The molecule has 1 aromatic carbocycles. The summed E-state index contributed by atoms with van der Waals surface area (Å²) < 4.78 is 30.0. The smallest absolute Gasteiger partial charge is 0.387 e. The van der Waals surface area contributed by atoms with E-state index in [1.54, 1.807) is 23.1 Å². The number of anilines is 2. The van der Waals surface area contributed by atoms with Gasteiger partial charge in [0.1, 0.15) is 17.2 Å².